The van der Waals surface area contributed by atoms with Crippen LogP contribution in [-0.4, -0.2) is 16.6 Å². The molecule has 3 N–H and O–H groups in total. The van der Waals surface area contributed by atoms with Crippen LogP contribution in [0.3, 0.4) is 0 Å². The number of nitrogens with two attached hydrogens (primary N) is 1. The van der Waals surface area contributed by atoms with Crippen LogP contribution in [0.15, 0.2) is 24.3 Å². The molecular weight excluding hydrogens is 184 g/mol. The first kappa shape index (κ1) is 10.6. The number of benzene rings is 1. The van der Waals surface area contributed by atoms with Crippen molar-refractivity contribution >= 4 is 5.69 Å². The fraction of sp³-hybridized carbons (Fsp3) is 0.333. The molecule has 1 atom stereocenters. The first-order valence-electron chi connectivity index (χ1n) is 4.12. The third-order valence-corrected chi connectivity index (χ3v) is 2.04. The van der Waals surface area contributed by atoms with Crippen molar-refractivity contribution in [1.29, 1.82) is 0 Å². The Kier molecular flexibility index (Phi) is 2.83. The molecule has 0 fully saturated rings. The van der Waals surface area contributed by atoms with E-state index in [0.29, 0.717) is 5.56 Å². The van der Waals surface area contributed by atoms with Crippen LogP contribution in [0.4, 0.5) is 5.69 Å². The Morgan fingerprint density at radius 2 is 2.14 bits per heavy atom. The largest absolute Gasteiger partial charge is 0.394 e. The number of aliphatic hydroxyl groups excluding tert-OH is 1. The van der Waals surface area contributed by atoms with Crippen LogP contribution >= 0.6 is 0 Å². The predicted molar refractivity (Wildman–Crippen MR) is 51.7 cm³/mol. The van der Waals surface area contributed by atoms with Gasteiger partial charge in [0.25, 0.3) is 5.69 Å². The smallest absolute Gasteiger partial charge is 0.274 e. The number of para-hydroxylation sites is 1. The molecule has 76 valence electrons. The van der Waals surface area contributed by atoms with E-state index in [1.807, 2.05) is 0 Å². The number of aliphatic hydroxyl groups is 1. The molecule has 1 aromatic carbocycles. The summed E-state index contributed by atoms with van der Waals surface area (Å²) in [4.78, 5) is 10.1. The number of nitro benzene ring substituents is 1. The minimum absolute atomic E-state index is 0.0634. The molecule has 0 heterocycles. The molecular formula is C9H12N2O3. The molecule has 0 aliphatic carbocycles. The van der Waals surface area contributed by atoms with Crippen LogP contribution in [0.5, 0.6) is 0 Å². The lowest BCUT2D eigenvalue weighted by molar-refractivity contribution is -0.386. The van der Waals surface area contributed by atoms with Gasteiger partial charge in [-0.2, -0.15) is 0 Å². The highest BCUT2D eigenvalue weighted by Gasteiger charge is 2.28. The van der Waals surface area contributed by atoms with Gasteiger partial charge in [-0.15, -0.1) is 0 Å². The second kappa shape index (κ2) is 3.73. The van der Waals surface area contributed by atoms with Crippen LogP contribution in [0.2, 0.25) is 0 Å². The second-order valence-electron chi connectivity index (χ2n) is 3.35. The highest BCUT2D eigenvalue weighted by Crippen LogP contribution is 2.26. The number of hydrogen-bond donors (Lipinski definition) is 2. The molecule has 1 aromatic rings. The van der Waals surface area contributed by atoms with E-state index in [4.69, 9.17) is 10.8 Å². The molecule has 0 bridgehead atoms. The highest BCUT2D eigenvalue weighted by atomic mass is 16.6. The molecule has 0 saturated heterocycles. The maximum absolute atomic E-state index is 10.7. The number of hydrogen-bond acceptors (Lipinski definition) is 4. The van der Waals surface area contributed by atoms with E-state index in [0.717, 1.165) is 0 Å². The molecule has 0 radical (unpaired) electrons. The van der Waals surface area contributed by atoms with E-state index < -0.39 is 10.5 Å². The summed E-state index contributed by atoms with van der Waals surface area (Å²) in [6.45, 7) is 1.22. The SMILES string of the molecule is C[C@@](N)(CO)c1ccccc1[N+](=O)[O-]. The van der Waals surface area contributed by atoms with Gasteiger partial charge < -0.3 is 10.8 Å². The van der Waals surface area contributed by atoms with Gasteiger partial charge in [0.1, 0.15) is 0 Å². The third kappa shape index (κ3) is 1.89. The average molecular weight is 196 g/mol. The molecule has 0 aliphatic heterocycles. The fourth-order valence-electron chi connectivity index (χ4n) is 1.20. The zero-order valence-corrected chi connectivity index (χ0v) is 7.80. The molecule has 0 spiro atoms. The van der Waals surface area contributed by atoms with E-state index in [2.05, 4.69) is 0 Å². The summed E-state index contributed by atoms with van der Waals surface area (Å²) >= 11 is 0. The van der Waals surface area contributed by atoms with Crippen LogP contribution in [0, 0.1) is 10.1 Å². The number of nitro groups is 1. The Labute approximate surface area is 81.3 Å². The van der Waals surface area contributed by atoms with Gasteiger partial charge in [0.15, 0.2) is 0 Å². The summed E-state index contributed by atoms with van der Waals surface area (Å²) in [7, 11) is 0. The van der Waals surface area contributed by atoms with Gasteiger partial charge >= 0.3 is 0 Å². The normalized spacial score (nSPS) is 14.8. The molecule has 5 nitrogen and oxygen atoms in total. The summed E-state index contributed by atoms with van der Waals surface area (Å²) in [5, 5.41) is 19.7. The Morgan fingerprint density at radius 1 is 1.57 bits per heavy atom. The first-order chi connectivity index (χ1) is 6.49. The van der Waals surface area contributed by atoms with E-state index in [1.165, 1.54) is 6.07 Å². The number of nitrogens with zero attached hydrogens (tertiary/aromatic N) is 1. The molecule has 5 heteroatoms. The van der Waals surface area contributed by atoms with Gasteiger partial charge in [-0.3, -0.25) is 10.1 Å². The third-order valence-electron chi connectivity index (χ3n) is 2.04. The van der Waals surface area contributed by atoms with Gasteiger partial charge in [-0.05, 0) is 6.92 Å². The Morgan fingerprint density at radius 3 is 2.64 bits per heavy atom. The zero-order chi connectivity index (χ0) is 10.8. The monoisotopic (exact) mass is 196 g/mol. The van der Waals surface area contributed by atoms with Crippen molar-refractivity contribution in [3.8, 4) is 0 Å². The van der Waals surface area contributed by atoms with Crippen molar-refractivity contribution in [3.05, 3.63) is 39.9 Å². The van der Waals surface area contributed by atoms with Crippen LogP contribution < -0.4 is 5.73 Å². The van der Waals surface area contributed by atoms with Gasteiger partial charge in [0.2, 0.25) is 0 Å². The summed E-state index contributed by atoms with van der Waals surface area (Å²) in [6, 6.07) is 6.14. The Bertz CT molecular complexity index is 350. The van der Waals surface area contributed by atoms with E-state index in [9.17, 15) is 10.1 Å². The van der Waals surface area contributed by atoms with E-state index >= 15 is 0 Å². The standard InChI is InChI=1S/C9H12N2O3/c1-9(10,6-12)7-4-2-3-5-8(7)11(13)14/h2-5,12H,6,10H2,1H3/t9-/m1/s1. The average Bonchev–Trinajstić information content (AvgIpc) is 2.18. The minimum atomic E-state index is -1.08. The summed E-state index contributed by atoms with van der Waals surface area (Å²) in [5.74, 6) is 0. The van der Waals surface area contributed by atoms with Crippen molar-refractivity contribution in [1.82, 2.24) is 0 Å². The first-order valence-corrected chi connectivity index (χ1v) is 4.12. The molecule has 0 amide bonds. The molecule has 14 heavy (non-hydrogen) atoms. The van der Waals surface area contributed by atoms with Crippen molar-refractivity contribution in [3.63, 3.8) is 0 Å². The Balaban J connectivity index is 3.27. The summed E-state index contributed by atoms with van der Waals surface area (Å²) < 4.78 is 0. The lowest BCUT2D eigenvalue weighted by atomic mass is 9.93. The molecule has 1 rings (SSSR count). The topological polar surface area (TPSA) is 89.4 Å². The van der Waals surface area contributed by atoms with Crippen LogP contribution in [-0.2, 0) is 5.54 Å². The fourth-order valence-corrected chi connectivity index (χ4v) is 1.20. The lowest BCUT2D eigenvalue weighted by Crippen LogP contribution is -2.37. The van der Waals surface area contributed by atoms with Gasteiger partial charge in [-0.25, -0.2) is 0 Å². The molecule has 0 aliphatic rings. The van der Waals surface area contributed by atoms with E-state index in [-0.39, 0.29) is 12.3 Å². The maximum atomic E-state index is 10.7. The maximum Gasteiger partial charge on any atom is 0.274 e. The molecule has 0 unspecified atom stereocenters. The summed E-state index contributed by atoms with van der Waals surface area (Å²) in [6.07, 6.45) is 0. The minimum Gasteiger partial charge on any atom is -0.394 e. The van der Waals surface area contributed by atoms with Crippen molar-refractivity contribution in [2.45, 2.75) is 12.5 Å². The van der Waals surface area contributed by atoms with E-state index in [1.54, 1.807) is 25.1 Å². The second-order valence-corrected chi connectivity index (χ2v) is 3.35. The highest BCUT2D eigenvalue weighted by molar-refractivity contribution is 5.44. The predicted octanol–water partition coefficient (Wildman–Crippen LogP) is 0.761. The summed E-state index contributed by atoms with van der Waals surface area (Å²) in [5.41, 5.74) is 4.92. The van der Waals surface area contributed by atoms with Crippen LogP contribution in [0.1, 0.15) is 12.5 Å². The van der Waals surface area contributed by atoms with Gasteiger partial charge in [-0.1, -0.05) is 18.2 Å². The number of rotatable bonds is 3. The van der Waals surface area contributed by atoms with Crippen LogP contribution in [0.25, 0.3) is 0 Å². The molecule has 0 saturated carbocycles. The quantitative estimate of drug-likeness (QED) is 0.551. The van der Waals surface area contributed by atoms with Crippen molar-refractivity contribution in [2.75, 3.05) is 6.61 Å². The Hall–Kier alpha value is -1.46. The van der Waals surface area contributed by atoms with Crippen molar-refractivity contribution in [2.24, 2.45) is 5.73 Å². The van der Waals surface area contributed by atoms with Gasteiger partial charge in [0, 0.05) is 6.07 Å². The zero-order valence-electron chi connectivity index (χ0n) is 7.80. The van der Waals surface area contributed by atoms with Gasteiger partial charge in [0.05, 0.1) is 22.6 Å². The molecule has 0 aromatic heterocycles. The van der Waals surface area contributed by atoms with Crippen molar-refractivity contribution < 1.29 is 10.0 Å². The lowest BCUT2D eigenvalue weighted by Gasteiger charge is -2.21.